The van der Waals surface area contributed by atoms with E-state index in [1.807, 2.05) is 4.72 Å². The molecule has 1 amide bonds. The summed E-state index contributed by atoms with van der Waals surface area (Å²) in [6.07, 6.45) is 1.15. The molecule has 1 heterocycles. The van der Waals surface area contributed by atoms with Gasteiger partial charge in [0.25, 0.3) is 15.9 Å². The zero-order valence-electron chi connectivity index (χ0n) is 12.9. The van der Waals surface area contributed by atoms with Crippen molar-refractivity contribution in [3.63, 3.8) is 0 Å². The van der Waals surface area contributed by atoms with Crippen LogP contribution < -0.4 is 9.46 Å². The predicted molar refractivity (Wildman–Crippen MR) is 84.5 cm³/mol. The van der Waals surface area contributed by atoms with Crippen molar-refractivity contribution in [3.05, 3.63) is 35.1 Å². The van der Waals surface area contributed by atoms with Crippen LogP contribution in [0, 0.1) is 0 Å². The maximum atomic E-state index is 12.5. The molecule has 0 aliphatic rings. The molecule has 1 aromatic heterocycles. The van der Waals surface area contributed by atoms with Gasteiger partial charge in [0.1, 0.15) is 22.9 Å². The van der Waals surface area contributed by atoms with Crippen LogP contribution >= 0.6 is 11.6 Å². The van der Waals surface area contributed by atoms with E-state index >= 15 is 0 Å². The molecule has 1 N–H and O–H groups in total. The summed E-state index contributed by atoms with van der Waals surface area (Å²) < 4.78 is 38.3. The van der Waals surface area contributed by atoms with Crippen molar-refractivity contribution in [2.75, 3.05) is 20.3 Å². The molecule has 0 saturated heterocycles. The fourth-order valence-corrected chi connectivity index (χ4v) is 3.14. The lowest BCUT2D eigenvalue weighted by molar-refractivity contribution is 0.0972. The molecule has 1 aromatic carbocycles. The minimum absolute atomic E-state index is 0.0116. The second kappa shape index (κ2) is 7.60. The topological polar surface area (TPSA) is 112 Å². The lowest BCUT2D eigenvalue weighted by Gasteiger charge is -2.13. The highest BCUT2D eigenvalue weighted by atomic mass is 35.5. The molecule has 0 spiro atoms. The van der Waals surface area contributed by atoms with Crippen molar-refractivity contribution in [1.29, 1.82) is 0 Å². The van der Waals surface area contributed by atoms with Gasteiger partial charge in [-0.3, -0.25) is 4.79 Å². The van der Waals surface area contributed by atoms with Crippen LogP contribution in [0.5, 0.6) is 5.75 Å². The Morgan fingerprint density at radius 2 is 2.12 bits per heavy atom. The number of methoxy groups -OCH3 is 1. The highest BCUT2D eigenvalue weighted by molar-refractivity contribution is 7.90. The normalized spacial score (nSPS) is 11.3. The minimum Gasteiger partial charge on any atom is -0.490 e. The van der Waals surface area contributed by atoms with E-state index in [2.05, 4.69) is 10.3 Å². The Morgan fingerprint density at radius 1 is 1.38 bits per heavy atom. The summed E-state index contributed by atoms with van der Waals surface area (Å²) in [5, 5.41) is 7.28. The van der Waals surface area contributed by atoms with E-state index in [0.29, 0.717) is 0 Å². The van der Waals surface area contributed by atoms with Gasteiger partial charge in [0, 0.05) is 19.2 Å². The lowest BCUT2D eigenvalue weighted by atomic mass is 10.3. The van der Waals surface area contributed by atoms with Gasteiger partial charge in [-0.05, 0) is 18.2 Å². The molecular weight excluding hydrogens is 360 g/mol. The van der Waals surface area contributed by atoms with Crippen molar-refractivity contribution in [3.8, 4) is 5.75 Å². The van der Waals surface area contributed by atoms with Crippen LogP contribution in [0.4, 0.5) is 0 Å². The standard InChI is InChI=1S/C13H15ClN4O5S/c1-18-10(8-15-17-18)13(19)16-24(20,21)12-7-9(14)3-4-11(12)23-6-5-22-2/h3-4,7-8H,5-6H2,1-2H3,(H,16,19). The quantitative estimate of drug-likeness (QED) is 0.706. The number of hydrogen-bond donors (Lipinski definition) is 1. The SMILES string of the molecule is COCCOc1ccc(Cl)cc1S(=O)(=O)NC(=O)c1cnnn1C. The van der Waals surface area contributed by atoms with Crippen LogP contribution in [0.3, 0.4) is 0 Å². The van der Waals surface area contributed by atoms with Gasteiger partial charge in [0.15, 0.2) is 0 Å². The first-order valence-corrected chi connectivity index (χ1v) is 8.54. The summed E-state index contributed by atoms with van der Waals surface area (Å²) >= 11 is 5.86. The zero-order valence-corrected chi connectivity index (χ0v) is 14.5. The molecule has 130 valence electrons. The summed E-state index contributed by atoms with van der Waals surface area (Å²) in [6.45, 7) is 0.412. The van der Waals surface area contributed by atoms with Crippen LogP contribution in [0.15, 0.2) is 29.3 Å². The third-order valence-corrected chi connectivity index (χ3v) is 4.50. The Morgan fingerprint density at radius 3 is 2.75 bits per heavy atom. The maximum Gasteiger partial charge on any atom is 0.284 e. The molecule has 2 rings (SSSR count). The van der Waals surface area contributed by atoms with Gasteiger partial charge in [-0.25, -0.2) is 17.8 Å². The Balaban J connectivity index is 2.29. The Kier molecular flexibility index (Phi) is 5.75. The third-order valence-electron chi connectivity index (χ3n) is 2.91. The molecule has 9 nitrogen and oxygen atoms in total. The van der Waals surface area contributed by atoms with Crippen LogP contribution in [-0.2, 0) is 21.8 Å². The molecule has 11 heteroatoms. The van der Waals surface area contributed by atoms with Gasteiger partial charge < -0.3 is 9.47 Å². The van der Waals surface area contributed by atoms with E-state index in [0.717, 1.165) is 10.9 Å². The van der Waals surface area contributed by atoms with Gasteiger partial charge >= 0.3 is 0 Å². The summed E-state index contributed by atoms with van der Waals surface area (Å²) in [5.41, 5.74) is -0.0116. The van der Waals surface area contributed by atoms with E-state index in [1.54, 1.807) is 0 Å². The minimum atomic E-state index is -4.21. The van der Waals surface area contributed by atoms with Gasteiger partial charge in [-0.2, -0.15) is 0 Å². The lowest BCUT2D eigenvalue weighted by Crippen LogP contribution is -2.32. The number of nitrogens with zero attached hydrogens (tertiary/aromatic N) is 3. The number of hydrogen-bond acceptors (Lipinski definition) is 7. The average molecular weight is 375 g/mol. The largest absolute Gasteiger partial charge is 0.490 e. The molecule has 0 aliphatic carbocycles. The fraction of sp³-hybridized carbons (Fsp3) is 0.308. The number of rotatable bonds is 7. The monoisotopic (exact) mass is 374 g/mol. The van der Waals surface area contributed by atoms with Crippen LogP contribution in [0.2, 0.25) is 5.02 Å². The summed E-state index contributed by atoms with van der Waals surface area (Å²) in [6, 6.07) is 4.08. The van der Waals surface area contributed by atoms with Gasteiger partial charge in [0.2, 0.25) is 0 Å². The van der Waals surface area contributed by atoms with Crippen molar-refractivity contribution in [1.82, 2.24) is 19.7 Å². The van der Waals surface area contributed by atoms with E-state index in [-0.39, 0.29) is 34.6 Å². The number of benzene rings is 1. The van der Waals surface area contributed by atoms with Gasteiger partial charge in [-0.1, -0.05) is 16.8 Å². The number of amides is 1. The highest BCUT2D eigenvalue weighted by Crippen LogP contribution is 2.27. The average Bonchev–Trinajstić information content (AvgIpc) is 2.94. The molecule has 0 saturated carbocycles. The fourth-order valence-electron chi connectivity index (χ4n) is 1.77. The van der Waals surface area contributed by atoms with Crippen LogP contribution in [-0.4, -0.2) is 49.6 Å². The molecule has 0 bridgehead atoms. The second-order valence-corrected chi connectivity index (χ2v) is 6.70. The molecule has 2 aromatic rings. The number of aromatic nitrogens is 3. The third kappa shape index (κ3) is 4.22. The molecule has 0 aliphatic heterocycles. The number of carbonyl (C=O) groups is 1. The molecular formula is C13H15ClN4O5S. The number of aryl methyl sites for hydroxylation is 1. The Labute approximate surface area is 143 Å². The molecule has 0 atom stereocenters. The van der Waals surface area contributed by atoms with Crippen LogP contribution in [0.1, 0.15) is 10.5 Å². The number of nitrogens with one attached hydrogen (secondary N) is 1. The summed E-state index contributed by atoms with van der Waals surface area (Å²) in [4.78, 5) is 11.8. The number of ether oxygens (including phenoxy) is 2. The van der Waals surface area contributed by atoms with Crippen molar-refractivity contribution >= 4 is 27.5 Å². The predicted octanol–water partition coefficient (Wildman–Crippen LogP) is 0.612. The number of halogens is 1. The highest BCUT2D eigenvalue weighted by Gasteiger charge is 2.25. The smallest absolute Gasteiger partial charge is 0.284 e. The Bertz CT molecular complexity index is 837. The zero-order chi connectivity index (χ0) is 17.7. The van der Waals surface area contributed by atoms with E-state index in [1.165, 1.54) is 32.4 Å². The van der Waals surface area contributed by atoms with Crippen LogP contribution in [0.25, 0.3) is 0 Å². The molecule has 0 unspecified atom stereocenters. The van der Waals surface area contributed by atoms with Gasteiger partial charge in [0.05, 0.1) is 12.8 Å². The number of carbonyl (C=O) groups excluding carboxylic acids is 1. The first kappa shape index (κ1) is 18.2. The first-order valence-electron chi connectivity index (χ1n) is 6.68. The summed E-state index contributed by atoms with van der Waals surface area (Å²) in [5.74, 6) is -0.815. The van der Waals surface area contributed by atoms with E-state index in [9.17, 15) is 13.2 Å². The van der Waals surface area contributed by atoms with Crippen molar-refractivity contribution in [2.24, 2.45) is 7.05 Å². The number of sulfonamides is 1. The van der Waals surface area contributed by atoms with Gasteiger partial charge in [-0.15, -0.1) is 5.10 Å². The molecule has 0 fully saturated rings. The maximum absolute atomic E-state index is 12.5. The molecule has 0 radical (unpaired) electrons. The Hall–Kier alpha value is -2.17. The van der Waals surface area contributed by atoms with E-state index < -0.39 is 15.9 Å². The first-order chi connectivity index (χ1) is 11.3. The second-order valence-electron chi connectivity index (χ2n) is 4.61. The van der Waals surface area contributed by atoms with Crippen molar-refractivity contribution in [2.45, 2.75) is 4.90 Å². The van der Waals surface area contributed by atoms with E-state index in [4.69, 9.17) is 21.1 Å². The summed E-state index contributed by atoms with van der Waals surface area (Å²) in [7, 11) is -1.25. The van der Waals surface area contributed by atoms with Crippen molar-refractivity contribution < 1.29 is 22.7 Å². The molecule has 24 heavy (non-hydrogen) atoms.